The van der Waals surface area contributed by atoms with Crippen LogP contribution >= 0.6 is 0 Å². The van der Waals surface area contributed by atoms with Gasteiger partial charge in [0.25, 0.3) is 0 Å². The number of carbonyl (C=O) groups excluding carboxylic acids is 1. The number of rotatable bonds is 8. The molecule has 0 atom stereocenters. The van der Waals surface area contributed by atoms with Gasteiger partial charge in [-0.1, -0.05) is 37.3 Å². The van der Waals surface area contributed by atoms with Crippen LogP contribution in [0.15, 0.2) is 42.5 Å². The number of carboxylic acids is 1. The zero-order chi connectivity index (χ0) is 18.2. The summed E-state index contributed by atoms with van der Waals surface area (Å²) in [4.78, 5) is 23.1. The van der Waals surface area contributed by atoms with Crippen LogP contribution in [0.2, 0.25) is 0 Å². The van der Waals surface area contributed by atoms with Gasteiger partial charge < -0.3 is 15.2 Å². The van der Waals surface area contributed by atoms with Crippen molar-refractivity contribution >= 4 is 11.9 Å². The summed E-state index contributed by atoms with van der Waals surface area (Å²) in [5, 5.41) is 11.9. The summed E-state index contributed by atoms with van der Waals surface area (Å²) in [7, 11) is 1.50. The van der Waals surface area contributed by atoms with Gasteiger partial charge in [-0.3, -0.25) is 4.79 Å². The highest BCUT2D eigenvalue weighted by molar-refractivity contribution is 5.88. The quantitative estimate of drug-likeness (QED) is 0.774. The monoisotopic (exact) mass is 341 g/mol. The van der Waals surface area contributed by atoms with Gasteiger partial charge in [-0.05, 0) is 41.7 Å². The second-order valence-corrected chi connectivity index (χ2v) is 5.73. The molecular weight excluding hydrogens is 318 g/mol. The lowest BCUT2D eigenvalue weighted by atomic mass is 10.0. The molecule has 0 bridgehead atoms. The fraction of sp³-hybridized carbons (Fsp3) is 0.300. The molecule has 0 saturated carbocycles. The zero-order valence-electron chi connectivity index (χ0n) is 14.5. The second-order valence-electron chi connectivity index (χ2n) is 5.73. The summed E-state index contributed by atoms with van der Waals surface area (Å²) < 4.78 is 5.24. The lowest BCUT2D eigenvalue weighted by Crippen LogP contribution is -2.27. The normalized spacial score (nSPS) is 10.3. The van der Waals surface area contributed by atoms with E-state index < -0.39 is 5.97 Å². The number of ether oxygens (including phenoxy) is 1. The van der Waals surface area contributed by atoms with Crippen molar-refractivity contribution in [2.24, 2.45) is 0 Å². The Morgan fingerprint density at radius 1 is 1.08 bits per heavy atom. The highest BCUT2D eigenvalue weighted by Gasteiger charge is 2.10. The Kier molecular flexibility index (Phi) is 6.57. The van der Waals surface area contributed by atoms with Gasteiger partial charge >= 0.3 is 5.97 Å². The van der Waals surface area contributed by atoms with Crippen molar-refractivity contribution in [1.82, 2.24) is 5.32 Å². The van der Waals surface area contributed by atoms with E-state index in [0.717, 1.165) is 17.5 Å². The molecule has 1 amide bonds. The topological polar surface area (TPSA) is 75.6 Å². The van der Waals surface area contributed by atoms with Crippen molar-refractivity contribution in [2.75, 3.05) is 13.7 Å². The van der Waals surface area contributed by atoms with Crippen molar-refractivity contribution in [1.29, 1.82) is 0 Å². The molecule has 2 aromatic rings. The molecule has 2 rings (SSSR count). The molecule has 132 valence electrons. The highest BCUT2D eigenvalue weighted by atomic mass is 16.5. The number of nitrogens with one attached hydrogen (secondary N) is 1. The van der Waals surface area contributed by atoms with Crippen molar-refractivity contribution in [2.45, 2.75) is 26.2 Å². The van der Waals surface area contributed by atoms with Crippen LogP contribution in [0.4, 0.5) is 0 Å². The van der Waals surface area contributed by atoms with E-state index in [2.05, 4.69) is 12.2 Å². The smallest absolute Gasteiger partial charge is 0.335 e. The van der Waals surface area contributed by atoms with Crippen molar-refractivity contribution in [3.05, 3.63) is 64.7 Å². The lowest BCUT2D eigenvalue weighted by molar-refractivity contribution is -0.120. The number of benzene rings is 2. The molecule has 2 N–H and O–H groups in total. The molecule has 0 saturated heterocycles. The average molecular weight is 341 g/mol. The maximum atomic E-state index is 12.1. The zero-order valence-corrected chi connectivity index (χ0v) is 14.5. The third-order valence-electron chi connectivity index (χ3n) is 4.10. The molecule has 0 fully saturated rings. The lowest BCUT2D eigenvalue weighted by Gasteiger charge is -2.11. The number of hydrogen-bond donors (Lipinski definition) is 2. The highest BCUT2D eigenvalue weighted by Crippen LogP contribution is 2.20. The molecule has 0 heterocycles. The molecule has 0 aromatic heterocycles. The van der Waals surface area contributed by atoms with Crippen LogP contribution < -0.4 is 10.1 Å². The number of carbonyl (C=O) groups is 2. The third-order valence-corrected chi connectivity index (χ3v) is 4.10. The molecule has 0 spiro atoms. The molecule has 0 radical (unpaired) electrons. The molecule has 0 unspecified atom stereocenters. The van der Waals surface area contributed by atoms with Crippen molar-refractivity contribution < 1.29 is 19.4 Å². The fourth-order valence-corrected chi connectivity index (χ4v) is 2.73. The van der Waals surface area contributed by atoms with Gasteiger partial charge in [0.2, 0.25) is 5.91 Å². The fourth-order valence-electron chi connectivity index (χ4n) is 2.73. The summed E-state index contributed by atoms with van der Waals surface area (Å²) in [5.41, 5.74) is 3.28. The first-order valence-corrected chi connectivity index (χ1v) is 8.28. The molecule has 5 nitrogen and oxygen atoms in total. The van der Waals surface area contributed by atoms with E-state index in [1.165, 1.54) is 18.7 Å². The standard InChI is InChI=1S/C20H23NO4/c1-3-14-6-4-5-7-16(14)13-19(22)21-11-10-15-8-9-17(20(23)24)12-18(15)25-2/h4-9,12H,3,10-11,13H2,1-2H3,(H,21,22)(H,23,24). The third kappa shape index (κ3) is 5.08. The summed E-state index contributed by atoms with van der Waals surface area (Å²) >= 11 is 0. The van der Waals surface area contributed by atoms with E-state index in [1.807, 2.05) is 24.3 Å². The first-order chi connectivity index (χ1) is 12.0. The van der Waals surface area contributed by atoms with Crippen LogP contribution in [0.1, 0.15) is 34.0 Å². The van der Waals surface area contributed by atoms with E-state index in [4.69, 9.17) is 9.84 Å². The van der Waals surface area contributed by atoms with Gasteiger partial charge in [-0.2, -0.15) is 0 Å². The minimum absolute atomic E-state index is 0.0259. The predicted octanol–water partition coefficient (Wildman–Crippen LogP) is 2.86. The average Bonchev–Trinajstić information content (AvgIpc) is 2.62. The molecule has 0 aliphatic carbocycles. The number of aromatic carboxylic acids is 1. The van der Waals surface area contributed by atoms with Crippen LogP contribution in [0.5, 0.6) is 5.75 Å². The molecular formula is C20H23NO4. The van der Waals surface area contributed by atoms with Crippen LogP contribution in [-0.4, -0.2) is 30.6 Å². The summed E-state index contributed by atoms with van der Waals surface area (Å²) in [6.45, 7) is 2.54. The Bertz CT molecular complexity index is 755. The van der Waals surface area contributed by atoms with Crippen molar-refractivity contribution in [3.8, 4) is 5.75 Å². The Labute approximate surface area is 147 Å². The van der Waals surface area contributed by atoms with E-state index in [1.54, 1.807) is 12.1 Å². The van der Waals surface area contributed by atoms with E-state index in [9.17, 15) is 9.59 Å². The first-order valence-electron chi connectivity index (χ1n) is 8.28. The predicted molar refractivity (Wildman–Crippen MR) is 96.2 cm³/mol. The minimum atomic E-state index is -0.993. The van der Waals surface area contributed by atoms with Crippen LogP contribution in [0, 0.1) is 0 Å². The Balaban J connectivity index is 1.92. The number of aryl methyl sites for hydroxylation is 1. The van der Waals surface area contributed by atoms with Gasteiger partial charge in [-0.25, -0.2) is 4.79 Å². The van der Waals surface area contributed by atoms with Gasteiger partial charge in [-0.15, -0.1) is 0 Å². The number of methoxy groups -OCH3 is 1. The molecule has 25 heavy (non-hydrogen) atoms. The molecule has 2 aromatic carbocycles. The van der Waals surface area contributed by atoms with Gasteiger partial charge in [0, 0.05) is 6.54 Å². The minimum Gasteiger partial charge on any atom is -0.496 e. The van der Waals surface area contributed by atoms with E-state index in [-0.39, 0.29) is 11.5 Å². The Morgan fingerprint density at radius 2 is 1.80 bits per heavy atom. The Morgan fingerprint density at radius 3 is 2.44 bits per heavy atom. The summed E-state index contributed by atoms with van der Waals surface area (Å²) in [5.74, 6) is -0.500. The largest absolute Gasteiger partial charge is 0.496 e. The van der Waals surface area contributed by atoms with Crippen LogP contribution in [0.3, 0.4) is 0 Å². The Hall–Kier alpha value is -2.82. The van der Waals surface area contributed by atoms with Crippen molar-refractivity contribution in [3.63, 3.8) is 0 Å². The van der Waals surface area contributed by atoms with Crippen LogP contribution in [0.25, 0.3) is 0 Å². The maximum Gasteiger partial charge on any atom is 0.335 e. The number of carboxylic acid groups (broad SMARTS) is 1. The second kappa shape index (κ2) is 8.87. The van der Waals surface area contributed by atoms with Crippen LogP contribution in [-0.2, 0) is 24.1 Å². The number of amides is 1. The summed E-state index contributed by atoms with van der Waals surface area (Å²) in [6, 6.07) is 12.7. The SMILES string of the molecule is CCc1ccccc1CC(=O)NCCc1ccc(C(=O)O)cc1OC. The van der Waals surface area contributed by atoms with Gasteiger partial charge in [0.15, 0.2) is 0 Å². The molecule has 0 aliphatic rings. The first kappa shape index (κ1) is 18.5. The molecule has 5 heteroatoms. The number of hydrogen-bond acceptors (Lipinski definition) is 3. The summed E-state index contributed by atoms with van der Waals surface area (Å²) in [6.07, 6.45) is 1.83. The maximum absolute atomic E-state index is 12.1. The van der Waals surface area contributed by atoms with E-state index >= 15 is 0 Å². The van der Waals surface area contributed by atoms with Gasteiger partial charge in [0.1, 0.15) is 5.75 Å². The van der Waals surface area contributed by atoms with E-state index in [0.29, 0.717) is 25.1 Å². The molecule has 0 aliphatic heterocycles. The van der Waals surface area contributed by atoms with Gasteiger partial charge in [0.05, 0.1) is 19.1 Å².